The Kier molecular flexibility index (Phi) is 5.02. The highest BCUT2D eigenvalue weighted by Gasteiger charge is 2.32. The van der Waals surface area contributed by atoms with E-state index in [1.807, 2.05) is 30.3 Å². The molecule has 2 aromatic carbocycles. The van der Waals surface area contributed by atoms with E-state index in [9.17, 15) is 4.79 Å². The quantitative estimate of drug-likeness (QED) is 0.797. The minimum atomic E-state index is -0.239. The minimum Gasteiger partial charge on any atom is -0.483 e. The number of para-hydroxylation sites is 1. The molecule has 0 saturated carbocycles. The van der Waals surface area contributed by atoms with Crippen LogP contribution in [0.2, 0.25) is 0 Å². The minimum absolute atomic E-state index is 0.00829. The molecule has 5 nitrogen and oxygen atoms in total. The monoisotopic (exact) mass is 381 g/mol. The molecule has 148 valence electrons. The number of hydrogen-bond donors (Lipinski definition) is 0. The number of nitrogens with zero attached hydrogens (tertiary/aromatic N) is 1. The number of hydrogen-bond acceptors (Lipinski definition) is 4. The maximum absolute atomic E-state index is 12.6. The van der Waals surface area contributed by atoms with Crippen molar-refractivity contribution in [3.63, 3.8) is 0 Å². The zero-order valence-corrected chi connectivity index (χ0v) is 16.7. The number of ether oxygens (including phenoxy) is 3. The maximum Gasteiger partial charge on any atom is 0.260 e. The first-order chi connectivity index (χ1) is 13.4. The summed E-state index contributed by atoms with van der Waals surface area (Å²) in [5, 5.41) is 0. The molecule has 2 aliphatic heterocycles. The van der Waals surface area contributed by atoms with E-state index in [1.54, 1.807) is 11.9 Å². The molecule has 1 atom stereocenters. The van der Waals surface area contributed by atoms with E-state index in [0.29, 0.717) is 18.9 Å². The van der Waals surface area contributed by atoms with Gasteiger partial charge in [0.15, 0.2) is 18.1 Å². The lowest BCUT2D eigenvalue weighted by atomic mass is 9.99. The van der Waals surface area contributed by atoms with Crippen LogP contribution in [0.25, 0.3) is 0 Å². The molecule has 0 aromatic heterocycles. The third kappa shape index (κ3) is 3.99. The van der Waals surface area contributed by atoms with Crippen molar-refractivity contribution in [2.45, 2.75) is 45.0 Å². The lowest BCUT2D eigenvalue weighted by Gasteiger charge is -2.29. The van der Waals surface area contributed by atoms with Crippen LogP contribution >= 0.6 is 0 Å². The van der Waals surface area contributed by atoms with Crippen LogP contribution in [-0.2, 0) is 29.0 Å². The molecule has 5 heteroatoms. The summed E-state index contributed by atoms with van der Waals surface area (Å²) >= 11 is 0. The Hall–Kier alpha value is -2.53. The van der Waals surface area contributed by atoms with Crippen LogP contribution in [0.5, 0.6) is 11.5 Å². The molecule has 2 aliphatic rings. The van der Waals surface area contributed by atoms with Crippen molar-refractivity contribution in [1.82, 2.24) is 4.90 Å². The van der Waals surface area contributed by atoms with Crippen molar-refractivity contribution < 1.29 is 19.0 Å². The highest BCUT2D eigenvalue weighted by molar-refractivity contribution is 5.77. The summed E-state index contributed by atoms with van der Waals surface area (Å²) in [7, 11) is 1.80. The van der Waals surface area contributed by atoms with Crippen molar-refractivity contribution in [3.05, 3.63) is 59.2 Å². The lowest BCUT2D eigenvalue weighted by Crippen LogP contribution is -2.40. The molecule has 1 unspecified atom stereocenters. The van der Waals surface area contributed by atoms with Gasteiger partial charge in [0.05, 0.1) is 12.7 Å². The topological polar surface area (TPSA) is 48.0 Å². The molecule has 2 heterocycles. The van der Waals surface area contributed by atoms with Crippen LogP contribution < -0.4 is 9.47 Å². The summed E-state index contributed by atoms with van der Waals surface area (Å²) in [6.07, 6.45) is 1.67. The van der Waals surface area contributed by atoms with Crippen molar-refractivity contribution >= 4 is 5.91 Å². The van der Waals surface area contributed by atoms with Crippen molar-refractivity contribution in [2.75, 3.05) is 20.2 Å². The Bertz CT molecular complexity index is 877. The number of carbonyl (C=O) groups is 1. The molecule has 0 spiro atoms. The van der Waals surface area contributed by atoms with Gasteiger partial charge in [-0.15, -0.1) is 0 Å². The molecule has 2 aromatic rings. The summed E-state index contributed by atoms with van der Waals surface area (Å²) in [5.74, 6) is 1.32. The Morgan fingerprint density at radius 2 is 1.89 bits per heavy atom. The van der Waals surface area contributed by atoms with Crippen LogP contribution in [0.1, 0.15) is 30.5 Å². The molecule has 0 bridgehead atoms. The molecular formula is C23H27NO4. The fraction of sp³-hybridized carbons (Fsp3) is 0.435. The van der Waals surface area contributed by atoms with Gasteiger partial charge in [0.2, 0.25) is 0 Å². The SMILES string of the molecule is CN(CC1Cc2ccccc2CO1)C(=O)COc1cccc2c1OC(C)(C)C2. The normalized spacial score (nSPS) is 19.3. The first kappa shape index (κ1) is 18.8. The van der Waals surface area contributed by atoms with Crippen LogP contribution in [-0.4, -0.2) is 42.7 Å². The molecular weight excluding hydrogens is 354 g/mol. The third-order valence-corrected chi connectivity index (χ3v) is 5.35. The smallest absolute Gasteiger partial charge is 0.260 e. The average Bonchev–Trinajstić information content (AvgIpc) is 3.00. The second-order valence-corrected chi connectivity index (χ2v) is 8.25. The highest BCUT2D eigenvalue weighted by atomic mass is 16.5. The van der Waals surface area contributed by atoms with Gasteiger partial charge in [-0.3, -0.25) is 4.79 Å². The van der Waals surface area contributed by atoms with Gasteiger partial charge in [-0.2, -0.15) is 0 Å². The average molecular weight is 381 g/mol. The summed E-state index contributed by atoms with van der Waals surface area (Å²) < 4.78 is 17.7. The standard InChI is InChI=1S/C23H27NO4/c1-23(2)12-17-9-6-10-20(22(17)28-23)27-15-21(25)24(3)13-19-11-16-7-4-5-8-18(16)14-26-19/h4-10,19H,11-15H2,1-3H3. The zero-order valence-electron chi connectivity index (χ0n) is 16.7. The Labute approximate surface area is 166 Å². The van der Waals surface area contributed by atoms with E-state index in [4.69, 9.17) is 14.2 Å². The van der Waals surface area contributed by atoms with E-state index in [1.165, 1.54) is 11.1 Å². The predicted octanol–water partition coefficient (Wildman–Crippen LogP) is 3.38. The number of fused-ring (bicyclic) bond motifs is 2. The van der Waals surface area contributed by atoms with Gasteiger partial charge < -0.3 is 19.1 Å². The second-order valence-electron chi connectivity index (χ2n) is 8.25. The zero-order chi connectivity index (χ0) is 19.7. The molecule has 28 heavy (non-hydrogen) atoms. The van der Waals surface area contributed by atoms with Gasteiger partial charge in [0.25, 0.3) is 5.91 Å². The molecule has 4 rings (SSSR count). The van der Waals surface area contributed by atoms with Crippen LogP contribution in [0.4, 0.5) is 0 Å². The van der Waals surface area contributed by atoms with Gasteiger partial charge in [-0.1, -0.05) is 36.4 Å². The largest absolute Gasteiger partial charge is 0.483 e. The van der Waals surface area contributed by atoms with Gasteiger partial charge >= 0.3 is 0 Å². The molecule has 0 fully saturated rings. The fourth-order valence-electron chi connectivity index (χ4n) is 3.88. The van der Waals surface area contributed by atoms with Gasteiger partial charge in [-0.05, 0) is 31.0 Å². The van der Waals surface area contributed by atoms with Crippen molar-refractivity contribution in [1.29, 1.82) is 0 Å². The number of amides is 1. The van der Waals surface area contributed by atoms with Crippen molar-refractivity contribution in [3.8, 4) is 11.5 Å². The van der Waals surface area contributed by atoms with E-state index in [2.05, 4.69) is 26.0 Å². The second kappa shape index (κ2) is 7.47. The number of carbonyl (C=O) groups excluding carboxylic acids is 1. The van der Waals surface area contributed by atoms with Crippen LogP contribution in [0.15, 0.2) is 42.5 Å². The molecule has 0 aliphatic carbocycles. The number of rotatable bonds is 5. The Morgan fingerprint density at radius 3 is 2.71 bits per heavy atom. The van der Waals surface area contributed by atoms with Crippen LogP contribution in [0.3, 0.4) is 0 Å². The molecule has 0 N–H and O–H groups in total. The van der Waals surface area contributed by atoms with E-state index < -0.39 is 0 Å². The summed E-state index contributed by atoms with van der Waals surface area (Å²) in [6, 6.07) is 14.1. The van der Waals surface area contributed by atoms with Crippen molar-refractivity contribution in [2.24, 2.45) is 0 Å². The molecule has 1 amide bonds. The number of likely N-dealkylation sites (N-methyl/N-ethyl adjacent to an activating group) is 1. The first-order valence-electron chi connectivity index (χ1n) is 9.77. The van der Waals surface area contributed by atoms with Gasteiger partial charge in [0.1, 0.15) is 5.60 Å². The summed E-state index contributed by atoms with van der Waals surface area (Å²) in [4.78, 5) is 14.3. The first-order valence-corrected chi connectivity index (χ1v) is 9.77. The number of benzene rings is 2. The fourth-order valence-corrected chi connectivity index (χ4v) is 3.88. The van der Waals surface area contributed by atoms with E-state index in [-0.39, 0.29) is 24.2 Å². The lowest BCUT2D eigenvalue weighted by molar-refractivity contribution is -0.134. The Balaban J connectivity index is 1.32. The summed E-state index contributed by atoms with van der Waals surface area (Å²) in [5.41, 5.74) is 3.42. The molecule has 0 saturated heterocycles. The van der Waals surface area contributed by atoms with E-state index in [0.717, 1.165) is 24.2 Å². The molecule has 0 radical (unpaired) electrons. The predicted molar refractivity (Wildman–Crippen MR) is 107 cm³/mol. The Morgan fingerprint density at radius 1 is 1.14 bits per heavy atom. The van der Waals surface area contributed by atoms with Gasteiger partial charge in [0, 0.05) is 32.0 Å². The van der Waals surface area contributed by atoms with Gasteiger partial charge in [-0.25, -0.2) is 0 Å². The van der Waals surface area contributed by atoms with Crippen LogP contribution in [0, 0.1) is 0 Å². The highest BCUT2D eigenvalue weighted by Crippen LogP contribution is 2.41. The van der Waals surface area contributed by atoms with E-state index >= 15 is 0 Å². The third-order valence-electron chi connectivity index (χ3n) is 5.35. The maximum atomic E-state index is 12.6. The summed E-state index contributed by atoms with van der Waals surface area (Å²) in [6.45, 7) is 5.24.